The van der Waals surface area contributed by atoms with E-state index in [4.69, 9.17) is 5.11 Å². The Hall–Kier alpha value is -1.96. The molecule has 20 heavy (non-hydrogen) atoms. The number of rotatable bonds is 6. The molecule has 0 radical (unpaired) electrons. The van der Waals surface area contributed by atoms with Crippen LogP contribution in [0, 0.1) is 5.82 Å². The fourth-order valence-electron chi connectivity index (χ4n) is 1.36. The second kappa shape index (κ2) is 7.59. The first-order valence-electron chi connectivity index (χ1n) is 5.85. The van der Waals surface area contributed by atoms with Crippen LogP contribution in [-0.4, -0.2) is 30.4 Å². The quantitative estimate of drug-likeness (QED) is 0.753. The molecular formula is C12H15F3N2O3. The lowest BCUT2D eigenvalue weighted by molar-refractivity contribution is -0.0494. The number of aliphatic hydroxyl groups excluding tert-OH is 1. The number of anilines is 1. The van der Waals surface area contributed by atoms with Gasteiger partial charge in [-0.1, -0.05) is 0 Å². The van der Waals surface area contributed by atoms with E-state index in [1.807, 2.05) is 0 Å². The predicted octanol–water partition coefficient (Wildman–Crippen LogP) is 2.32. The first-order valence-corrected chi connectivity index (χ1v) is 5.85. The van der Waals surface area contributed by atoms with Crippen molar-refractivity contribution in [2.24, 2.45) is 0 Å². The molecule has 8 heteroatoms. The van der Waals surface area contributed by atoms with E-state index in [9.17, 15) is 18.0 Å². The maximum atomic E-state index is 13.0. The van der Waals surface area contributed by atoms with Crippen molar-refractivity contribution < 1.29 is 27.8 Å². The van der Waals surface area contributed by atoms with Crippen LogP contribution >= 0.6 is 0 Å². The van der Waals surface area contributed by atoms with Gasteiger partial charge in [-0.3, -0.25) is 0 Å². The van der Waals surface area contributed by atoms with Crippen molar-refractivity contribution in [2.75, 3.05) is 11.9 Å². The molecule has 1 aromatic rings. The van der Waals surface area contributed by atoms with Crippen LogP contribution in [0.1, 0.15) is 13.3 Å². The molecule has 0 saturated carbocycles. The van der Waals surface area contributed by atoms with Crippen LogP contribution in [0.5, 0.6) is 5.75 Å². The van der Waals surface area contributed by atoms with Crippen LogP contribution in [0.25, 0.3) is 0 Å². The minimum absolute atomic E-state index is 0.184. The van der Waals surface area contributed by atoms with Gasteiger partial charge in [0.2, 0.25) is 0 Å². The third-order valence-corrected chi connectivity index (χ3v) is 2.25. The van der Waals surface area contributed by atoms with E-state index in [1.54, 1.807) is 6.92 Å². The summed E-state index contributed by atoms with van der Waals surface area (Å²) in [5, 5.41) is 13.6. The van der Waals surface area contributed by atoms with Crippen molar-refractivity contribution in [1.29, 1.82) is 0 Å². The molecule has 5 nitrogen and oxygen atoms in total. The number of urea groups is 1. The number of aliphatic hydroxyl groups is 1. The topological polar surface area (TPSA) is 70.6 Å². The molecule has 0 aromatic heterocycles. The average molecular weight is 292 g/mol. The zero-order valence-electron chi connectivity index (χ0n) is 10.7. The molecule has 0 spiro atoms. The number of nitrogens with one attached hydrogen (secondary N) is 2. The monoisotopic (exact) mass is 292 g/mol. The van der Waals surface area contributed by atoms with Gasteiger partial charge in [-0.15, -0.1) is 0 Å². The van der Waals surface area contributed by atoms with Crippen molar-refractivity contribution in [3.8, 4) is 5.75 Å². The highest BCUT2D eigenvalue weighted by molar-refractivity contribution is 5.90. The standard InChI is InChI=1S/C12H15F3N2O3/c1-7(18)4-5-16-12(19)17-9-6-8(13)2-3-10(9)20-11(14)15/h2-3,6-7,11,18H,4-5H2,1H3,(H2,16,17,19). The molecule has 0 aliphatic heterocycles. The first kappa shape index (κ1) is 16.1. The van der Waals surface area contributed by atoms with Gasteiger partial charge in [-0.05, 0) is 25.5 Å². The van der Waals surface area contributed by atoms with Crippen LogP contribution in [0.3, 0.4) is 0 Å². The minimum Gasteiger partial charge on any atom is -0.433 e. The van der Waals surface area contributed by atoms with Crippen molar-refractivity contribution >= 4 is 11.7 Å². The molecule has 3 N–H and O–H groups in total. The number of halogens is 3. The van der Waals surface area contributed by atoms with E-state index in [2.05, 4.69) is 15.4 Å². The van der Waals surface area contributed by atoms with Gasteiger partial charge in [-0.25, -0.2) is 9.18 Å². The number of hydrogen-bond acceptors (Lipinski definition) is 3. The molecular weight excluding hydrogens is 277 g/mol. The number of benzene rings is 1. The third-order valence-electron chi connectivity index (χ3n) is 2.25. The smallest absolute Gasteiger partial charge is 0.387 e. The minimum atomic E-state index is -3.08. The molecule has 1 aromatic carbocycles. The summed E-state index contributed by atoms with van der Waals surface area (Å²) in [6.45, 7) is -1.34. The zero-order chi connectivity index (χ0) is 15.1. The lowest BCUT2D eigenvalue weighted by Crippen LogP contribution is -2.31. The van der Waals surface area contributed by atoms with Crippen molar-refractivity contribution in [3.05, 3.63) is 24.0 Å². The number of carbonyl (C=O) groups is 1. The molecule has 1 rings (SSSR count). The van der Waals surface area contributed by atoms with Crippen molar-refractivity contribution in [2.45, 2.75) is 26.1 Å². The predicted molar refractivity (Wildman–Crippen MR) is 66.4 cm³/mol. The largest absolute Gasteiger partial charge is 0.433 e. The van der Waals surface area contributed by atoms with Crippen molar-refractivity contribution in [3.63, 3.8) is 0 Å². The van der Waals surface area contributed by atoms with Gasteiger partial charge in [0.05, 0.1) is 11.8 Å². The number of ether oxygens (including phenoxy) is 1. The Morgan fingerprint density at radius 3 is 2.75 bits per heavy atom. The maximum absolute atomic E-state index is 13.0. The number of hydrogen-bond donors (Lipinski definition) is 3. The normalized spacial score (nSPS) is 12.1. The zero-order valence-corrected chi connectivity index (χ0v) is 10.7. The van der Waals surface area contributed by atoms with Gasteiger partial charge in [-0.2, -0.15) is 8.78 Å². The lowest BCUT2D eigenvalue weighted by Gasteiger charge is -2.13. The summed E-state index contributed by atoms with van der Waals surface area (Å²) in [6.07, 6.45) is -0.251. The highest BCUT2D eigenvalue weighted by Gasteiger charge is 2.13. The van der Waals surface area contributed by atoms with Crippen LogP contribution in [0.4, 0.5) is 23.7 Å². The molecule has 112 valence electrons. The molecule has 1 unspecified atom stereocenters. The van der Waals surface area contributed by atoms with Gasteiger partial charge in [0.25, 0.3) is 0 Å². The number of carbonyl (C=O) groups excluding carboxylic acids is 1. The van der Waals surface area contributed by atoms with Gasteiger partial charge in [0, 0.05) is 12.6 Å². The van der Waals surface area contributed by atoms with E-state index < -0.39 is 24.6 Å². The van der Waals surface area contributed by atoms with Crippen LogP contribution in [-0.2, 0) is 0 Å². The number of alkyl halides is 2. The van der Waals surface area contributed by atoms with Gasteiger partial charge in [0.1, 0.15) is 11.6 Å². The Kier molecular flexibility index (Phi) is 6.10. The Balaban J connectivity index is 2.65. The summed E-state index contributed by atoms with van der Waals surface area (Å²) in [6, 6.07) is 2.09. The van der Waals surface area contributed by atoms with Gasteiger partial charge < -0.3 is 20.5 Å². The molecule has 2 amide bonds. The van der Waals surface area contributed by atoms with E-state index in [0.717, 1.165) is 18.2 Å². The fourth-order valence-corrected chi connectivity index (χ4v) is 1.36. The maximum Gasteiger partial charge on any atom is 0.387 e. The highest BCUT2D eigenvalue weighted by atomic mass is 19.3. The van der Waals surface area contributed by atoms with Crippen molar-refractivity contribution in [1.82, 2.24) is 5.32 Å². The van der Waals surface area contributed by atoms with E-state index in [0.29, 0.717) is 6.42 Å². The summed E-state index contributed by atoms with van der Waals surface area (Å²) < 4.78 is 41.5. The molecule has 1 atom stereocenters. The second-order valence-electron chi connectivity index (χ2n) is 4.04. The Morgan fingerprint density at radius 2 is 2.15 bits per heavy atom. The van der Waals surface area contributed by atoms with E-state index in [-0.39, 0.29) is 18.0 Å². The summed E-state index contributed by atoms with van der Waals surface area (Å²) in [5.41, 5.74) is -0.208. The van der Waals surface area contributed by atoms with Gasteiger partial charge in [0.15, 0.2) is 0 Å². The average Bonchev–Trinajstić information content (AvgIpc) is 2.31. The first-order chi connectivity index (χ1) is 9.38. The van der Waals surface area contributed by atoms with E-state index in [1.165, 1.54) is 0 Å². The highest BCUT2D eigenvalue weighted by Crippen LogP contribution is 2.26. The second-order valence-corrected chi connectivity index (χ2v) is 4.04. The molecule has 0 aliphatic carbocycles. The third kappa shape index (κ3) is 5.79. The Labute approximate surface area is 113 Å². The Morgan fingerprint density at radius 1 is 1.45 bits per heavy atom. The lowest BCUT2D eigenvalue weighted by atomic mass is 10.3. The Bertz CT molecular complexity index is 456. The molecule has 0 aliphatic rings. The van der Waals surface area contributed by atoms with E-state index >= 15 is 0 Å². The summed E-state index contributed by atoms with van der Waals surface area (Å²) in [7, 11) is 0. The van der Waals surface area contributed by atoms with Crippen LogP contribution in [0.15, 0.2) is 18.2 Å². The number of amides is 2. The molecule has 0 saturated heterocycles. The fraction of sp³-hybridized carbons (Fsp3) is 0.417. The summed E-state index contributed by atoms with van der Waals surface area (Å²) in [5.74, 6) is -1.04. The van der Waals surface area contributed by atoms with Gasteiger partial charge >= 0.3 is 12.6 Å². The molecule has 0 fully saturated rings. The molecule has 0 bridgehead atoms. The molecule has 0 heterocycles. The summed E-state index contributed by atoms with van der Waals surface area (Å²) in [4.78, 5) is 11.5. The summed E-state index contributed by atoms with van der Waals surface area (Å²) >= 11 is 0. The SMILES string of the molecule is CC(O)CCNC(=O)Nc1cc(F)ccc1OC(F)F. The van der Waals surface area contributed by atoms with Crippen LogP contribution in [0.2, 0.25) is 0 Å². The van der Waals surface area contributed by atoms with Crippen LogP contribution < -0.4 is 15.4 Å².